The lowest BCUT2D eigenvalue weighted by Crippen LogP contribution is -2.26. The van der Waals surface area contributed by atoms with Gasteiger partial charge in [-0.2, -0.15) is 0 Å². The van der Waals surface area contributed by atoms with Crippen LogP contribution in [0.5, 0.6) is 0 Å². The second-order valence-corrected chi connectivity index (χ2v) is 5.37. The third-order valence-corrected chi connectivity index (χ3v) is 3.88. The van der Waals surface area contributed by atoms with Gasteiger partial charge in [-0.1, -0.05) is 30.7 Å². The third kappa shape index (κ3) is 3.22. The Morgan fingerprint density at radius 2 is 2.15 bits per heavy atom. The summed E-state index contributed by atoms with van der Waals surface area (Å²) in [5.74, 6) is 1.06. The van der Waals surface area contributed by atoms with E-state index in [0.29, 0.717) is 0 Å². The SMILES string of the molecule is CCCNC(c1ccc(Cl)c(C)c1)c1nccn1CC. The Morgan fingerprint density at radius 1 is 1.35 bits per heavy atom. The summed E-state index contributed by atoms with van der Waals surface area (Å²) in [7, 11) is 0. The highest BCUT2D eigenvalue weighted by Crippen LogP contribution is 2.25. The molecule has 1 N–H and O–H groups in total. The first kappa shape index (κ1) is 15.1. The van der Waals surface area contributed by atoms with Crippen molar-refractivity contribution in [3.63, 3.8) is 0 Å². The molecule has 0 radical (unpaired) electrons. The first-order valence-corrected chi connectivity index (χ1v) is 7.55. The van der Waals surface area contributed by atoms with E-state index in [1.807, 2.05) is 25.4 Å². The molecule has 1 aromatic heterocycles. The third-order valence-electron chi connectivity index (χ3n) is 3.46. The summed E-state index contributed by atoms with van der Waals surface area (Å²) in [6.07, 6.45) is 4.98. The van der Waals surface area contributed by atoms with E-state index in [2.05, 4.69) is 40.8 Å². The summed E-state index contributed by atoms with van der Waals surface area (Å²) in [6, 6.07) is 6.30. The number of nitrogens with zero attached hydrogens (tertiary/aromatic N) is 2. The molecule has 0 saturated carbocycles. The summed E-state index contributed by atoms with van der Waals surface area (Å²) in [5, 5.41) is 4.39. The van der Waals surface area contributed by atoms with Gasteiger partial charge in [0, 0.05) is 24.0 Å². The van der Waals surface area contributed by atoms with Crippen molar-refractivity contribution in [1.82, 2.24) is 14.9 Å². The number of aryl methyl sites for hydroxylation is 2. The lowest BCUT2D eigenvalue weighted by atomic mass is 10.0. The molecule has 108 valence electrons. The maximum Gasteiger partial charge on any atom is 0.130 e. The van der Waals surface area contributed by atoms with E-state index in [0.717, 1.165) is 35.9 Å². The zero-order valence-corrected chi connectivity index (χ0v) is 13.1. The number of hydrogen-bond donors (Lipinski definition) is 1. The largest absolute Gasteiger partial charge is 0.334 e. The van der Waals surface area contributed by atoms with E-state index in [4.69, 9.17) is 11.6 Å². The van der Waals surface area contributed by atoms with Crippen LogP contribution in [0.3, 0.4) is 0 Å². The van der Waals surface area contributed by atoms with Crippen molar-refractivity contribution in [2.75, 3.05) is 6.54 Å². The minimum Gasteiger partial charge on any atom is -0.334 e. The van der Waals surface area contributed by atoms with Crippen LogP contribution in [0.15, 0.2) is 30.6 Å². The molecular weight excluding hydrogens is 270 g/mol. The van der Waals surface area contributed by atoms with Crippen LogP contribution < -0.4 is 5.32 Å². The summed E-state index contributed by atoms with van der Waals surface area (Å²) in [4.78, 5) is 4.54. The van der Waals surface area contributed by atoms with Crippen molar-refractivity contribution in [2.24, 2.45) is 0 Å². The van der Waals surface area contributed by atoms with Crippen LogP contribution in [0.2, 0.25) is 5.02 Å². The van der Waals surface area contributed by atoms with Crippen LogP contribution in [-0.4, -0.2) is 16.1 Å². The van der Waals surface area contributed by atoms with E-state index in [1.165, 1.54) is 5.56 Å². The lowest BCUT2D eigenvalue weighted by molar-refractivity contribution is 0.541. The number of hydrogen-bond acceptors (Lipinski definition) is 2. The van der Waals surface area contributed by atoms with Crippen LogP contribution in [0.1, 0.15) is 43.3 Å². The minimum atomic E-state index is 0.112. The van der Waals surface area contributed by atoms with Gasteiger partial charge in [-0.25, -0.2) is 4.98 Å². The van der Waals surface area contributed by atoms with Crippen molar-refractivity contribution in [3.8, 4) is 0 Å². The topological polar surface area (TPSA) is 29.9 Å². The van der Waals surface area contributed by atoms with E-state index in [1.54, 1.807) is 0 Å². The molecule has 1 unspecified atom stereocenters. The van der Waals surface area contributed by atoms with Gasteiger partial charge in [0.05, 0.1) is 6.04 Å². The summed E-state index contributed by atoms with van der Waals surface area (Å²) < 4.78 is 2.18. The van der Waals surface area contributed by atoms with Gasteiger partial charge in [0.25, 0.3) is 0 Å². The van der Waals surface area contributed by atoms with E-state index in [9.17, 15) is 0 Å². The summed E-state index contributed by atoms with van der Waals surface area (Å²) in [5.41, 5.74) is 2.31. The molecule has 1 heterocycles. The smallest absolute Gasteiger partial charge is 0.130 e. The molecule has 0 aliphatic rings. The van der Waals surface area contributed by atoms with Crippen LogP contribution in [0.25, 0.3) is 0 Å². The first-order valence-electron chi connectivity index (χ1n) is 7.17. The minimum absolute atomic E-state index is 0.112. The Kier molecular flexibility index (Phi) is 5.21. The molecule has 0 fully saturated rings. The maximum atomic E-state index is 6.13. The Hall–Kier alpha value is -1.32. The maximum absolute atomic E-state index is 6.13. The Bertz CT molecular complexity index is 563. The Morgan fingerprint density at radius 3 is 2.80 bits per heavy atom. The van der Waals surface area contributed by atoms with Crippen LogP contribution in [0, 0.1) is 6.92 Å². The van der Waals surface area contributed by atoms with Gasteiger partial charge in [-0.05, 0) is 44.0 Å². The number of aromatic nitrogens is 2. The molecule has 1 aromatic carbocycles. The molecule has 0 amide bonds. The lowest BCUT2D eigenvalue weighted by Gasteiger charge is -2.20. The van der Waals surface area contributed by atoms with Crippen molar-refractivity contribution in [1.29, 1.82) is 0 Å². The normalized spacial score (nSPS) is 12.6. The molecule has 0 bridgehead atoms. The van der Waals surface area contributed by atoms with E-state index >= 15 is 0 Å². The average Bonchev–Trinajstić information content (AvgIpc) is 2.91. The molecule has 0 aliphatic heterocycles. The molecule has 0 aliphatic carbocycles. The molecule has 3 nitrogen and oxygen atoms in total. The van der Waals surface area contributed by atoms with Gasteiger partial charge in [0.1, 0.15) is 5.82 Å². The second-order valence-electron chi connectivity index (χ2n) is 4.97. The van der Waals surface area contributed by atoms with Gasteiger partial charge < -0.3 is 9.88 Å². The monoisotopic (exact) mass is 291 g/mol. The van der Waals surface area contributed by atoms with E-state index < -0.39 is 0 Å². The van der Waals surface area contributed by atoms with Crippen LogP contribution in [0.4, 0.5) is 0 Å². The molecular formula is C16H22ClN3. The van der Waals surface area contributed by atoms with Crippen molar-refractivity contribution in [3.05, 3.63) is 52.6 Å². The predicted octanol–water partition coefficient (Wildman–Crippen LogP) is 3.95. The van der Waals surface area contributed by atoms with Crippen LogP contribution >= 0.6 is 11.6 Å². The quantitative estimate of drug-likeness (QED) is 0.873. The highest BCUT2D eigenvalue weighted by molar-refractivity contribution is 6.31. The highest BCUT2D eigenvalue weighted by Gasteiger charge is 2.18. The number of rotatable bonds is 6. The average molecular weight is 292 g/mol. The Labute approximate surface area is 126 Å². The summed E-state index contributed by atoms with van der Waals surface area (Å²) in [6.45, 7) is 8.22. The predicted molar refractivity (Wildman–Crippen MR) is 84.2 cm³/mol. The van der Waals surface area contributed by atoms with Crippen molar-refractivity contribution in [2.45, 2.75) is 39.8 Å². The number of nitrogens with one attached hydrogen (secondary N) is 1. The molecule has 4 heteroatoms. The second kappa shape index (κ2) is 6.91. The number of halogens is 1. The number of imidazole rings is 1. The summed E-state index contributed by atoms with van der Waals surface area (Å²) >= 11 is 6.13. The molecule has 1 atom stereocenters. The zero-order chi connectivity index (χ0) is 14.5. The number of benzene rings is 1. The fraction of sp³-hybridized carbons (Fsp3) is 0.438. The van der Waals surface area contributed by atoms with Crippen LogP contribution in [-0.2, 0) is 6.54 Å². The fourth-order valence-corrected chi connectivity index (χ4v) is 2.46. The fourth-order valence-electron chi connectivity index (χ4n) is 2.34. The van der Waals surface area contributed by atoms with Gasteiger partial charge in [-0.15, -0.1) is 0 Å². The van der Waals surface area contributed by atoms with Gasteiger partial charge in [0.2, 0.25) is 0 Å². The van der Waals surface area contributed by atoms with Gasteiger partial charge >= 0.3 is 0 Å². The molecule has 0 spiro atoms. The molecule has 20 heavy (non-hydrogen) atoms. The molecule has 2 rings (SSSR count). The highest BCUT2D eigenvalue weighted by atomic mass is 35.5. The standard InChI is InChI=1S/C16H22ClN3/c1-4-8-18-15(16-19-9-10-20(16)5-2)13-6-7-14(17)12(3)11-13/h6-7,9-11,15,18H,4-5,8H2,1-3H3. The molecule has 2 aromatic rings. The van der Waals surface area contributed by atoms with Gasteiger partial charge in [0.15, 0.2) is 0 Å². The van der Waals surface area contributed by atoms with Crippen molar-refractivity contribution >= 4 is 11.6 Å². The molecule has 0 saturated heterocycles. The van der Waals surface area contributed by atoms with Gasteiger partial charge in [-0.3, -0.25) is 0 Å². The Balaban J connectivity index is 2.38. The van der Waals surface area contributed by atoms with E-state index in [-0.39, 0.29) is 6.04 Å². The zero-order valence-electron chi connectivity index (χ0n) is 12.4. The van der Waals surface area contributed by atoms with Crippen molar-refractivity contribution < 1.29 is 0 Å². The first-order chi connectivity index (χ1) is 9.67.